The monoisotopic (exact) mass is 646 g/mol. The van der Waals surface area contributed by atoms with Crippen molar-refractivity contribution in [3.8, 4) is 11.4 Å². The number of aromatic nitrogens is 2. The Hall–Kier alpha value is -5.64. The number of fused-ring (bicyclic) bond motifs is 6. The fraction of sp³-hybridized carbons (Fsp3) is 0.0870. The number of para-hydroxylation sites is 3. The second-order valence-electron chi connectivity index (χ2n) is 14.2. The first-order chi connectivity index (χ1) is 24.0. The molecule has 3 heteroatoms. The van der Waals surface area contributed by atoms with Crippen molar-refractivity contribution in [1.82, 2.24) is 9.13 Å². The van der Waals surface area contributed by atoms with Gasteiger partial charge in [-0.25, -0.2) is 0 Å². The highest BCUT2D eigenvalue weighted by Crippen LogP contribution is 2.39. The van der Waals surface area contributed by atoms with Crippen LogP contribution in [0.4, 0.5) is 0 Å². The van der Waals surface area contributed by atoms with Crippen LogP contribution in [-0.2, 0) is 0 Å². The molecule has 0 spiro atoms. The molecule has 9 aromatic rings. The summed E-state index contributed by atoms with van der Waals surface area (Å²) < 4.78 is 4.89. The average Bonchev–Trinajstić information content (AvgIpc) is 3.65. The van der Waals surface area contributed by atoms with E-state index in [9.17, 15) is 0 Å². The zero-order chi connectivity index (χ0) is 33.2. The molecule has 2 aromatic heterocycles. The third-order valence-electron chi connectivity index (χ3n) is 10.6. The van der Waals surface area contributed by atoms with Gasteiger partial charge in [0.1, 0.15) is 0 Å². The lowest BCUT2D eigenvalue weighted by Gasteiger charge is -2.44. The van der Waals surface area contributed by atoms with Gasteiger partial charge in [-0.05, 0) is 69.1 Å². The Balaban J connectivity index is 1.36. The van der Waals surface area contributed by atoms with Crippen molar-refractivity contribution >= 4 is 67.2 Å². The van der Waals surface area contributed by atoms with Crippen molar-refractivity contribution in [3.05, 3.63) is 176 Å². The highest BCUT2D eigenvalue weighted by Gasteiger charge is 2.49. The minimum atomic E-state index is -2.55. The summed E-state index contributed by atoms with van der Waals surface area (Å²) in [7, 11) is -2.55. The molecule has 0 aliphatic heterocycles. The van der Waals surface area contributed by atoms with E-state index in [4.69, 9.17) is 0 Å². The highest BCUT2D eigenvalue weighted by molar-refractivity contribution is 7.13. The van der Waals surface area contributed by atoms with E-state index in [2.05, 4.69) is 206 Å². The Morgan fingerprint density at radius 3 is 1.41 bits per heavy atom. The molecule has 0 amide bonds. The summed E-state index contributed by atoms with van der Waals surface area (Å²) in [5.74, 6) is 0. The van der Waals surface area contributed by atoms with Crippen molar-refractivity contribution in [1.29, 1.82) is 0 Å². The molecule has 2 nitrogen and oxygen atoms in total. The standard InChI is InChI=1S/C46H38N2Si/c1-46(2,3)49(35-19-9-5-10-20-35,36-21-11-6-12-22-36)37-28-29-40-38-23-13-15-25-42(38)48(45(40)32-37)34-27-30-44-41(31-34)39-24-14-16-26-43(39)47(44)33-17-7-4-8-18-33/h4-32H,1-3H3. The molecule has 2 heterocycles. The van der Waals surface area contributed by atoms with Gasteiger partial charge in [0.05, 0.1) is 22.1 Å². The molecule has 0 aliphatic rings. The van der Waals surface area contributed by atoms with Gasteiger partial charge in [-0.15, -0.1) is 0 Å². The Morgan fingerprint density at radius 1 is 0.347 bits per heavy atom. The number of nitrogens with zero attached hydrogens (tertiary/aromatic N) is 2. The van der Waals surface area contributed by atoms with E-state index in [1.165, 1.54) is 70.5 Å². The van der Waals surface area contributed by atoms with Crippen LogP contribution in [0, 0.1) is 0 Å². The lowest BCUT2D eigenvalue weighted by molar-refractivity contribution is 0.739. The van der Waals surface area contributed by atoms with Gasteiger partial charge in [-0.1, -0.05) is 148 Å². The molecule has 0 radical (unpaired) electrons. The molecule has 236 valence electrons. The molecule has 49 heavy (non-hydrogen) atoms. The summed E-state index contributed by atoms with van der Waals surface area (Å²) in [5, 5.41) is 9.37. The Bertz CT molecular complexity index is 2590. The quantitative estimate of drug-likeness (QED) is 0.130. The van der Waals surface area contributed by atoms with E-state index in [-0.39, 0.29) is 5.04 Å². The topological polar surface area (TPSA) is 9.86 Å². The van der Waals surface area contributed by atoms with Gasteiger partial charge in [-0.2, -0.15) is 0 Å². The van der Waals surface area contributed by atoms with E-state index in [0.717, 1.165) is 0 Å². The number of hydrogen-bond donors (Lipinski definition) is 0. The maximum absolute atomic E-state index is 2.55. The van der Waals surface area contributed by atoms with E-state index < -0.39 is 8.07 Å². The third kappa shape index (κ3) is 4.39. The first-order valence-electron chi connectivity index (χ1n) is 17.2. The molecule has 0 fully saturated rings. The molecule has 0 atom stereocenters. The lowest BCUT2D eigenvalue weighted by atomic mass is 10.1. The van der Waals surface area contributed by atoms with Gasteiger partial charge in [0.15, 0.2) is 8.07 Å². The smallest absolute Gasteiger partial charge is 0.153 e. The normalized spacial score (nSPS) is 12.4. The van der Waals surface area contributed by atoms with Crippen LogP contribution in [-0.4, -0.2) is 17.2 Å². The maximum Gasteiger partial charge on any atom is 0.153 e. The fourth-order valence-corrected chi connectivity index (χ4v) is 14.3. The summed E-state index contributed by atoms with van der Waals surface area (Å²) in [6, 6.07) is 65.3. The molecule has 9 rings (SSSR count). The van der Waals surface area contributed by atoms with E-state index in [1.807, 2.05) is 0 Å². The van der Waals surface area contributed by atoms with Gasteiger partial charge >= 0.3 is 0 Å². The zero-order valence-corrected chi connectivity index (χ0v) is 29.1. The van der Waals surface area contributed by atoms with Crippen molar-refractivity contribution in [2.75, 3.05) is 0 Å². The third-order valence-corrected chi connectivity index (χ3v) is 16.4. The van der Waals surface area contributed by atoms with Gasteiger partial charge in [-0.3, -0.25) is 0 Å². The van der Waals surface area contributed by atoms with Crippen LogP contribution in [0.5, 0.6) is 0 Å². The van der Waals surface area contributed by atoms with E-state index in [0.29, 0.717) is 0 Å². The number of hydrogen-bond acceptors (Lipinski definition) is 0. The maximum atomic E-state index is 2.53. The average molecular weight is 647 g/mol. The van der Waals surface area contributed by atoms with Crippen LogP contribution < -0.4 is 15.6 Å². The molecular weight excluding hydrogens is 609 g/mol. The predicted octanol–water partition coefficient (Wildman–Crippen LogP) is 10.2. The van der Waals surface area contributed by atoms with Gasteiger partial charge in [0, 0.05) is 32.9 Å². The molecule has 0 aliphatic carbocycles. The van der Waals surface area contributed by atoms with Crippen molar-refractivity contribution in [3.63, 3.8) is 0 Å². The van der Waals surface area contributed by atoms with E-state index in [1.54, 1.807) is 0 Å². The first-order valence-corrected chi connectivity index (χ1v) is 19.2. The largest absolute Gasteiger partial charge is 0.309 e. The van der Waals surface area contributed by atoms with Crippen LogP contribution in [0.3, 0.4) is 0 Å². The molecule has 0 N–H and O–H groups in total. The van der Waals surface area contributed by atoms with Crippen LogP contribution in [0.25, 0.3) is 55.0 Å². The second-order valence-corrected chi connectivity index (χ2v) is 18.9. The predicted molar refractivity (Wildman–Crippen MR) is 212 cm³/mol. The molecule has 7 aromatic carbocycles. The second kappa shape index (κ2) is 11.2. The Kier molecular flexibility index (Phi) is 6.75. The minimum absolute atomic E-state index is 0.00158. The van der Waals surface area contributed by atoms with Crippen molar-refractivity contribution in [2.45, 2.75) is 25.8 Å². The molecule has 0 bridgehead atoms. The summed E-state index contributed by atoms with van der Waals surface area (Å²) in [5.41, 5.74) is 7.26. The lowest BCUT2D eigenvalue weighted by Crippen LogP contribution is -2.72. The fourth-order valence-electron chi connectivity index (χ4n) is 8.61. The Labute approximate surface area is 288 Å². The number of rotatable bonds is 5. The van der Waals surface area contributed by atoms with Crippen LogP contribution in [0.1, 0.15) is 20.8 Å². The molecular formula is C46H38N2Si. The molecule has 0 unspecified atom stereocenters. The zero-order valence-electron chi connectivity index (χ0n) is 28.1. The Morgan fingerprint density at radius 2 is 0.816 bits per heavy atom. The van der Waals surface area contributed by atoms with E-state index >= 15 is 0 Å². The molecule has 0 saturated heterocycles. The summed E-state index contributed by atoms with van der Waals surface area (Å²) in [6.07, 6.45) is 0. The minimum Gasteiger partial charge on any atom is -0.309 e. The van der Waals surface area contributed by atoms with Gasteiger partial charge in [0.25, 0.3) is 0 Å². The van der Waals surface area contributed by atoms with Crippen LogP contribution in [0.15, 0.2) is 176 Å². The summed E-state index contributed by atoms with van der Waals surface area (Å²) >= 11 is 0. The SMILES string of the molecule is CC(C)(C)[Si](c1ccccc1)(c1ccccc1)c1ccc2c3ccccc3n(-c3ccc4c(c3)c3ccccc3n4-c3ccccc3)c2c1. The van der Waals surface area contributed by atoms with Gasteiger partial charge in [0.2, 0.25) is 0 Å². The van der Waals surface area contributed by atoms with Crippen LogP contribution in [0.2, 0.25) is 5.04 Å². The molecule has 0 saturated carbocycles. The summed E-state index contributed by atoms with van der Waals surface area (Å²) in [4.78, 5) is 0. The van der Waals surface area contributed by atoms with Crippen molar-refractivity contribution < 1.29 is 0 Å². The van der Waals surface area contributed by atoms with Crippen LogP contribution >= 0.6 is 0 Å². The number of benzene rings is 7. The first kappa shape index (κ1) is 29.5. The van der Waals surface area contributed by atoms with Crippen molar-refractivity contribution in [2.24, 2.45) is 0 Å². The van der Waals surface area contributed by atoms with Gasteiger partial charge < -0.3 is 9.13 Å². The summed E-state index contributed by atoms with van der Waals surface area (Å²) in [6.45, 7) is 7.32. The highest BCUT2D eigenvalue weighted by atomic mass is 28.3.